The molecule has 7 N–H and O–H groups in total. The van der Waals surface area contributed by atoms with Gasteiger partial charge in [-0.1, -0.05) is 0 Å². The number of methoxy groups -OCH3 is 2. The molecule has 21 heteroatoms. The maximum absolute atomic E-state index is 13.6. The Morgan fingerprint density at radius 1 is 0.594 bits per heavy atom. The molecule has 5 amide bonds. The molecule has 0 heterocycles. The molecule has 360 valence electrons. The van der Waals surface area contributed by atoms with Gasteiger partial charge in [0.25, 0.3) is 35.2 Å². The minimum Gasteiger partial charge on any atom is -0.504 e. The van der Waals surface area contributed by atoms with Gasteiger partial charge in [0.2, 0.25) is 0 Å². The molecule has 0 aliphatic rings. The molecule has 0 spiro atoms. The molecular weight excluding hydrogens is 901 g/mol. The first-order valence-electron chi connectivity index (χ1n) is 20.9. The third-order valence-electron chi connectivity index (χ3n) is 9.93. The zero-order valence-corrected chi connectivity index (χ0v) is 38.2. The van der Waals surface area contributed by atoms with Crippen LogP contribution in [0.5, 0.6) is 17.2 Å². The SMILES string of the molecule is COC(=O)[C@@H](NC(=O)c1ccc(NC(=O)c2ccc([N+](=O)[O-])cc2)cc1)[C@H](OC)C(=O)Nc1ccc(C(=O)Nc2ccc(C(=O)Nc3ccc(C(=O)O)c(C)c3OC(C)C)c(O)c2OC(C)C)cc1. The Morgan fingerprint density at radius 2 is 1.06 bits per heavy atom. The van der Waals surface area contributed by atoms with Crippen molar-refractivity contribution in [2.24, 2.45) is 0 Å². The van der Waals surface area contributed by atoms with Gasteiger partial charge in [0.05, 0.1) is 46.7 Å². The van der Waals surface area contributed by atoms with E-state index >= 15 is 0 Å². The summed E-state index contributed by atoms with van der Waals surface area (Å²) in [6, 6.07) is 19.6. The average Bonchev–Trinajstić information content (AvgIpc) is 3.31. The minimum absolute atomic E-state index is 0.00634. The van der Waals surface area contributed by atoms with Crippen LogP contribution < -0.4 is 36.1 Å². The number of carbonyl (C=O) groups excluding carboxylic acids is 6. The van der Waals surface area contributed by atoms with E-state index in [1.807, 2.05) is 0 Å². The Balaban J connectivity index is 1.25. The number of hydrogen-bond donors (Lipinski definition) is 7. The van der Waals surface area contributed by atoms with Crippen LogP contribution in [0, 0.1) is 17.0 Å². The van der Waals surface area contributed by atoms with Gasteiger partial charge in [-0.25, -0.2) is 9.59 Å². The number of carbonyl (C=O) groups is 7. The maximum Gasteiger partial charge on any atom is 0.336 e. The summed E-state index contributed by atoms with van der Waals surface area (Å²) in [5, 5.41) is 44.8. The molecular formula is C48H48N6O15. The average molecular weight is 949 g/mol. The molecule has 0 bridgehead atoms. The van der Waals surface area contributed by atoms with Crippen LogP contribution in [0.1, 0.15) is 85.0 Å². The largest absolute Gasteiger partial charge is 0.504 e. The van der Waals surface area contributed by atoms with Gasteiger partial charge in [-0.05, 0) is 120 Å². The molecule has 5 rings (SSSR count). The number of ether oxygens (including phenoxy) is 4. The molecule has 5 aromatic carbocycles. The Bertz CT molecular complexity index is 2780. The Hall–Kier alpha value is -8.85. The molecule has 0 saturated heterocycles. The fourth-order valence-corrected chi connectivity index (χ4v) is 6.57. The number of nitro benzene ring substituents is 1. The van der Waals surface area contributed by atoms with E-state index in [0.29, 0.717) is 0 Å². The van der Waals surface area contributed by atoms with E-state index in [0.717, 1.165) is 14.2 Å². The van der Waals surface area contributed by atoms with Crippen LogP contribution in [0.2, 0.25) is 0 Å². The quantitative estimate of drug-likeness (QED) is 0.0262. The number of benzene rings is 5. The number of aromatic carboxylic acids is 1. The molecule has 0 aliphatic heterocycles. The van der Waals surface area contributed by atoms with E-state index in [1.165, 1.54) is 97.1 Å². The summed E-state index contributed by atoms with van der Waals surface area (Å²) < 4.78 is 21.9. The molecule has 0 fully saturated rings. The minimum atomic E-state index is -1.65. The predicted octanol–water partition coefficient (Wildman–Crippen LogP) is 6.56. The first-order valence-corrected chi connectivity index (χ1v) is 20.9. The lowest BCUT2D eigenvalue weighted by atomic mass is 10.1. The number of anilines is 4. The summed E-state index contributed by atoms with van der Waals surface area (Å²) in [5.41, 5.74) is 0.707. The number of amides is 5. The fourth-order valence-electron chi connectivity index (χ4n) is 6.57. The van der Waals surface area contributed by atoms with Crippen molar-refractivity contribution in [3.05, 3.63) is 141 Å². The zero-order chi connectivity index (χ0) is 50.7. The summed E-state index contributed by atoms with van der Waals surface area (Å²) in [5.74, 6) is -6.59. The summed E-state index contributed by atoms with van der Waals surface area (Å²) in [7, 11) is 2.19. The van der Waals surface area contributed by atoms with Gasteiger partial charge < -0.3 is 55.7 Å². The number of aromatic hydroxyl groups is 1. The number of esters is 1. The Morgan fingerprint density at radius 3 is 1.57 bits per heavy atom. The number of hydrogen-bond acceptors (Lipinski definition) is 14. The van der Waals surface area contributed by atoms with Gasteiger partial charge in [0, 0.05) is 52.9 Å². The van der Waals surface area contributed by atoms with Crippen molar-refractivity contribution in [1.82, 2.24) is 5.32 Å². The van der Waals surface area contributed by atoms with Crippen LogP contribution in [0.3, 0.4) is 0 Å². The van der Waals surface area contributed by atoms with Crippen molar-refractivity contribution in [2.75, 3.05) is 35.5 Å². The van der Waals surface area contributed by atoms with Crippen LogP contribution in [-0.4, -0.2) is 95.2 Å². The number of non-ortho nitro benzene ring substituents is 1. The Labute approximate surface area is 394 Å². The molecule has 5 aromatic rings. The van der Waals surface area contributed by atoms with Gasteiger partial charge >= 0.3 is 11.9 Å². The van der Waals surface area contributed by atoms with Crippen LogP contribution >= 0.6 is 0 Å². The van der Waals surface area contributed by atoms with Crippen molar-refractivity contribution in [3.8, 4) is 17.2 Å². The van der Waals surface area contributed by atoms with Gasteiger partial charge in [-0.15, -0.1) is 0 Å². The summed E-state index contributed by atoms with van der Waals surface area (Å²) in [6.45, 7) is 8.35. The van der Waals surface area contributed by atoms with Crippen molar-refractivity contribution < 1.29 is 67.6 Å². The Kier molecular flexibility index (Phi) is 16.7. The molecule has 0 aliphatic carbocycles. The van der Waals surface area contributed by atoms with E-state index in [2.05, 4.69) is 26.6 Å². The molecule has 0 saturated carbocycles. The van der Waals surface area contributed by atoms with E-state index < -0.39 is 70.4 Å². The summed E-state index contributed by atoms with van der Waals surface area (Å²) in [6.07, 6.45) is -2.53. The summed E-state index contributed by atoms with van der Waals surface area (Å²) in [4.78, 5) is 101. The molecule has 21 nitrogen and oxygen atoms in total. The smallest absolute Gasteiger partial charge is 0.336 e. The third kappa shape index (κ3) is 12.7. The monoisotopic (exact) mass is 948 g/mol. The van der Waals surface area contributed by atoms with Crippen LogP contribution in [0.15, 0.2) is 97.1 Å². The second-order valence-electron chi connectivity index (χ2n) is 15.5. The van der Waals surface area contributed by atoms with E-state index in [-0.39, 0.29) is 79.4 Å². The first-order chi connectivity index (χ1) is 32.7. The second kappa shape index (κ2) is 22.6. The van der Waals surface area contributed by atoms with Crippen molar-refractivity contribution in [2.45, 2.75) is 59.0 Å². The van der Waals surface area contributed by atoms with Crippen LogP contribution in [-0.2, 0) is 19.1 Å². The number of phenolic OH excluding ortho intramolecular Hbond substituents is 1. The van der Waals surface area contributed by atoms with Gasteiger partial charge in [-0.2, -0.15) is 0 Å². The molecule has 0 aromatic heterocycles. The number of carboxylic acid groups (broad SMARTS) is 1. The second-order valence-corrected chi connectivity index (χ2v) is 15.5. The number of nitrogens with one attached hydrogen (secondary N) is 5. The van der Waals surface area contributed by atoms with Crippen LogP contribution in [0.4, 0.5) is 28.4 Å². The number of rotatable bonds is 19. The van der Waals surface area contributed by atoms with E-state index in [1.54, 1.807) is 34.6 Å². The van der Waals surface area contributed by atoms with Gasteiger partial charge in [0.15, 0.2) is 23.6 Å². The van der Waals surface area contributed by atoms with E-state index in [4.69, 9.17) is 18.9 Å². The lowest BCUT2D eigenvalue weighted by Crippen LogP contribution is -2.54. The van der Waals surface area contributed by atoms with Crippen molar-refractivity contribution >= 4 is 69.9 Å². The normalized spacial score (nSPS) is 11.7. The lowest BCUT2D eigenvalue weighted by molar-refractivity contribution is -0.384. The van der Waals surface area contributed by atoms with E-state index in [9.17, 15) is 53.9 Å². The highest BCUT2D eigenvalue weighted by atomic mass is 16.6. The highest BCUT2D eigenvalue weighted by Crippen LogP contribution is 2.40. The molecule has 2 atom stereocenters. The van der Waals surface area contributed by atoms with Gasteiger partial charge in [-0.3, -0.25) is 34.1 Å². The molecule has 0 radical (unpaired) electrons. The highest BCUT2D eigenvalue weighted by Gasteiger charge is 2.37. The third-order valence-corrected chi connectivity index (χ3v) is 9.93. The molecule has 69 heavy (non-hydrogen) atoms. The van der Waals surface area contributed by atoms with Crippen molar-refractivity contribution in [3.63, 3.8) is 0 Å². The summed E-state index contributed by atoms with van der Waals surface area (Å²) >= 11 is 0. The lowest BCUT2D eigenvalue weighted by Gasteiger charge is -2.24. The van der Waals surface area contributed by atoms with Crippen LogP contribution in [0.25, 0.3) is 0 Å². The number of nitrogens with zero attached hydrogens (tertiary/aromatic N) is 1. The molecule has 0 unspecified atom stereocenters. The first kappa shape index (κ1) is 51.1. The van der Waals surface area contributed by atoms with Gasteiger partial charge in [0.1, 0.15) is 5.75 Å². The number of phenols is 1. The van der Waals surface area contributed by atoms with Crippen molar-refractivity contribution in [1.29, 1.82) is 0 Å². The fraction of sp³-hybridized carbons (Fsp3) is 0.229. The number of carboxylic acids is 1. The predicted molar refractivity (Wildman–Crippen MR) is 250 cm³/mol. The highest BCUT2D eigenvalue weighted by molar-refractivity contribution is 6.10. The number of nitro groups is 1. The maximum atomic E-state index is 13.6. The zero-order valence-electron chi connectivity index (χ0n) is 38.2. The standard InChI is InChI=1S/C48H48N6O15/c1-24(2)68-39-26(5)33(47(61)62)20-22-35(39)52-45(59)34-21-23-36(40(38(34)55)69-25(3)4)51-43(57)27-8-16-31(17-9-27)50-46(60)41(66-6)37(48(63)67-7)53-44(58)28-10-14-30(15-11-28)49-42(56)29-12-18-32(19-13-29)54(64)65/h8-25,37,41,55H,1-7H3,(H,49,56)(H,50,60)(H,51,57)(H,52,59)(H,53,58)(H,61,62)/t37-,41-/m0/s1. The topological polar surface area (TPSA) is 300 Å².